The van der Waals surface area contributed by atoms with Crippen LogP contribution in [0.25, 0.3) is 0 Å². The van der Waals surface area contributed by atoms with Crippen LogP contribution in [0.3, 0.4) is 0 Å². The van der Waals surface area contributed by atoms with E-state index in [1.54, 1.807) is 12.1 Å². The highest BCUT2D eigenvalue weighted by molar-refractivity contribution is 6.32. The first-order chi connectivity index (χ1) is 14.5. The molecule has 0 aliphatic carbocycles. The Hall–Kier alpha value is -3.46. The van der Waals surface area contributed by atoms with Gasteiger partial charge in [-0.1, -0.05) is 23.7 Å². The zero-order valence-corrected chi connectivity index (χ0v) is 17.8. The Kier molecular flexibility index (Phi) is 5.99. The molecule has 162 valence electrons. The van der Waals surface area contributed by atoms with Gasteiger partial charge in [0.25, 0.3) is 5.91 Å². The second-order valence-corrected chi connectivity index (χ2v) is 7.78. The van der Waals surface area contributed by atoms with Crippen molar-refractivity contribution < 1.29 is 23.6 Å². The molecule has 2 aromatic carbocycles. The fourth-order valence-corrected chi connectivity index (χ4v) is 3.57. The van der Waals surface area contributed by atoms with Crippen LogP contribution in [0.1, 0.15) is 23.6 Å². The number of amides is 6. The van der Waals surface area contributed by atoms with E-state index in [1.165, 1.54) is 13.0 Å². The number of benzene rings is 2. The van der Waals surface area contributed by atoms with Gasteiger partial charge in [-0.2, -0.15) is 0 Å². The lowest BCUT2D eigenvalue weighted by Crippen LogP contribution is -2.45. The standard InChI is InChI=1S/C21H20ClFN4O4/c1-11-4-6-14(8-12(11)2)24-19(30)25-17(28)10-27-18(29)21(3,26-20(27)31)15-7-5-13(23)9-16(15)22/h4-9H,10H2,1-3H3,(H,26,31)(H2,24,25,28,30). The zero-order valence-electron chi connectivity index (χ0n) is 17.0. The Morgan fingerprint density at radius 3 is 2.48 bits per heavy atom. The van der Waals surface area contributed by atoms with Crippen molar-refractivity contribution in [3.8, 4) is 0 Å². The number of halogens is 2. The first-order valence-corrected chi connectivity index (χ1v) is 9.67. The molecule has 1 unspecified atom stereocenters. The molecule has 1 heterocycles. The maximum atomic E-state index is 13.3. The van der Waals surface area contributed by atoms with Crippen molar-refractivity contribution in [2.45, 2.75) is 26.3 Å². The summed E-state index contributed by atoms with van der Waals surface area (Å²) in [6.45, 7) is 4.52. The number of nitrogens with zero attached hydrogens (tertiary/aromatic N) is 1. The molecular weight excluding hydrogens is 427 g/mol. The van der Waals surface area contributed by atoms with Crippen LogP contribution < -0.4 is 16.0 Å². The molecule has 0 saturated carbocycles. The molecule has 3 N–H and O–H groups in total. The fourth-order valence-electron chi connectivity index (χ4n) is 3.21. The maximum Gasteiger partial charge on any atom is 0.325 e. The largest absolute Gasteiger partial charge is 0.325 e. The lowest BCUT2D eigenvalue weighted by molar-refractivity contribution is -0.134. The minimum absolute atomic E-state index is 0.0461. The quantitative estimate of drug-likeness (QED) is 0.627. The molecule has 2 aromatic rings. The molecule has 0 aromatic heterocycles. The number of aryl methyl sites for hydroxylation is 2. The summed E-state index contributed by atoms with van der Waals surface area (Å²) in [5.74, 6) is -2.21. The van der Waals surface area contributed by atoms with Crippen LogP contribution in [0.4, 0.5) is 19.7 Å². The molecule has 3 rings (SSSR count). The molecule has 1 fully saturated rings. The fraction of sp³-hybridized carbons (Fsp3) is 0.238. The van der Waals surface area contributed by atoms with Crippen molar-refractivity contribution >= 4 is 41.2 Å². The summed E-state index contributed by atoms with van der Waals surface area (Å²) in [7, 11) is 0. The third-order valence-corrected chi connectivity index (χ3v) is 5.38. The third kappa shape index (κ3) is 4.51. The van der Waals surface area contributed by atoms with Crippen molar-refractivity contribution in [1.82, 2.24) is 15.5 Å². The van der Waals surface area contributed by atoms with Gasteiger partial charge < -0.3 is 10.6 Å². The number of imide groups is 2. The summed E-state index contributed by atoms with van der Waals surface area (Å²) >= 11 is 6.04. The average molecular weight is 447 g/mol. The normalized spacial score (nSPS) is 18.0. The molecule has 1 atom stereocenters. The summed E-state index contributed by atoms with van der Waals surface area (Å²) < 4.78 is 13.3. The number of hydrogen-bond acceptors (Lipinski definition) is 4. The molecule has 10 heteroatoms. The van der Waals surface area contributed by atoms with Gasteiger partial charge in [0.05, 0.1) is 0 Å². The van der Waals surface area contributed by atoms with E-state index in [9.17, 15) is 23.6 Å². The lowest BCUT2D eigenvalue weighted by Gasteiger charge is -2.23. The van der Waals surface area contributed by atoms with E-state index >= 15 is 0 Å². The van der Waals surface area contributed by atoms with Crippen LogP contribution in [-0.4, -0.2) is 35.3 Å². The minimum atomic E-state index is -1.58. The Balaban J connectivity index is 1.67. The van der Waals surface area contributed by atoms with Gasteiger partial charge in [0.15, 0.2) is 0 Å². The smallest absolute Gasteiger partial charge is 0.319 e. The van der Waals surface area contributed by atoms with Crippen LogP contribution in [-0.2, 0) is 15.1 Å². The zero-order chi connectivity index (χ0) is 22.9. The Bertz CT molecular complexity index is 1110. The second-order valence-electron chi connectivity index (χ2n) is 7.37. The van der Waals surface area contributed by atoms with Gasteiger partial charge >= 0.3 is 12.1 Å². The van der Waals surface area contributed by atoms with E-state index in [4.69, 9.17) is 11.6 Å². The molecule has 8 nitrogen and oxygen atoms in total. The molecule has 31 heavy (non-hydrogen) atoms. The van der Waals surface area contributed by atoms with Crippen LogP contribution in [0.15, 0.2) is 36.4 Å². The molecular formula is C21H20ClFN4O4. The van der Waals surface area contributed by atoms with Crippen LogP contribution in [0, 0.1) is 19.7 Å². The summed E-state index contributed by atoms with van der Waals surface area (Å²) in [6, 6.07) is 7.03. The number of carbonyl (C=O) groups is 4. The third-order valence-electron chi connectivity index (χ3n) is 5.06. The van der Waals surface area contributed by atoms with Crippen LogP contribution in [0.2, 0.25) is 5.02 Å². The molecule has 1 saturated heterocycles. The van der Waals surface area contributed by atoms with Crippen LogP contribution >= 0.6 is 11.6 Å². The summed E-state index contributed by atoms with van der Waals surface area (Å²) in [6.07, 6.45) is 0. The second kappa shape index (κ2) is 8.35. The van der Waals surface area contributed by atoms with E-state index < -0.39 is 41.8 Å². The number of carbonyl (C=O) groups excluding carboxylic acids is 4. The van der Waals surface area contributed by atoms with E-state index in [2.05, 4.69) is 16.0 Å². The lowest BCUT2D eigenvalue weighted by atomic mass is 9.92. The van der Waals surface area contributed by atoms with Gasteiger partial charge in [0.2, 0.25) is 5.91 Å². The molecule has 1 aliphatic heterocycles. The number of urea groups is 2. The number of nitrogens with one attached hydrogen (secondary N) is 3. The average Bonchev–Trinajstić information content (AvgIpc) is 2.88. The highest BCUT2D eigenvalue weighted by Crippen LogP contribution is 2.33. The summed E-state index contributed by atoms with van der Waals surface area (Å²) in [5.41, 5.74) is 1.10. The van der Waals surface area contributed by atoms with E-state index in [-0.39, 0.29) is 10.6 Å². The van der Waals surface area contributed by atoms with Crippen molar-refractivity contribution in [3.63, 3.8) is 0 Å². The monoisotopic (exact) mass is 446 g/mol. The first-order valence-electron chi connectivity index (χ1n) is 9.29. The van der Waals surface area contributed by atoms with E-state index in [1.807, 2.05) is 19.9 Å². The van der Waals surface area contributed by atoms with E-state index in [0.29, 0.717) is 10.6 Å². The summed E-state index contributed by atoms with van der Waals surface area (Å²) in [4.78, 5) is 50.2. The van der Waals surface area contributed by atoms with Gasteiger partial charge in [-0.25, -0.2) is 14.0 Å². The molecule has 0 radical (unpaired) electrons. The molecule has 1 aliphatic rings. The van der Waals surface area contributed by atoms with Gasteiger partial charge in [0.1, 0.15) is 17.9 Å². The van der Waals surface area contributed by atoms with Gasteiger partial charge in [-0.05, 0) is 56.2 Å². The van der Waals surface area contributed by atoms with Crippen molar-refractivity contribution in [1.29, 1.82) is 0 Å². The molecule has 0 bridgehead atoms. The minimum Gasteiger partial charge on any atom is -0.319 e. The van der Waals surface area contributed by atoms with Crippen molar-refractivity contribution in [2.75, 3.05) is 11.9 Å². The van der Waals surface area contributed by atoms with Crippen molar-refractivity contribution in [2.24, 2.45) is 0 Å². The molecule has 0 spiro atoms. The Labute approximate surface area is 182 Å². The Morgan fingerprint density at radius 2 is 1.84 bits per heavy atom. The summed E-state index contributed by atoms with van der Waals surface area (Å²) in [5, 5.41) is 7.01. The predicted molar refractivity (Wildman–Crippen MR) is 112 cm³/mol. The first kappa shape index (κ1) is 22.2. The Morgan fingerprint density at radius 1 is 1.13 bits per heavy atom. The van der Waals surface area contributed by atoms with Gasteiger partial charge in [-0.15, -0.1) is 0 Å². The van der Waals surface area contributed by atoms with Crippen molar-refractivity contribution in [3.05, 3.63) is 63.9 Å². The molecule has 6 amide bonds. The predicted octanol–water partition coefficient (Wildman–Crippen LogP) is 3.21. The van der Waals surface area contributed by atoms with Gasteiger partial charge in [0, 0.05) is 16.3 Å². The number of anilines is 1. The number of hydrogen-bond donors (Lipinski definition) is 3. The SMILES string of the molecule is Cc1ccc(NC(=O)NC(=O)CN2C(=O)NC(C)(c3ccc(F)cc3Cl)C2=O)cc1C. The highest BCUT2D eigenvalue weighted by atomic mass is 35.5. The maximum absolute atomic E-state index is 13.3. The van der Waals surface area contributed by atoms with E-state index in [0.717, 1.165) is 23.3 Å². The van der Waals surface area contributed by atoms with Crippen LogP contribution in [0.5, 0.6) is 0 Å². The topological polar surface area (TPSA) is 108 Å². The van der Waals surface area contributed by atoms with Gasteiger partial charge in [-0.3, -0.25) is 19.8 Å². The number of rotatable bonds is 4. The highest BCUT2D eigenvalue weighted by Gasteiger charge is 2.50.